The van der Waals surface area contributed by atoms with E-state index in [1.54, 1.807) is 0 Å². The van der Waals surface area contributed by atoms with Crippen LogP contribution >= 0.6 is 11.6 Å². The highest BCUT2D eigenvalue weighted by Crippen LogP contribution is 2.25. The Morgan fingerprint density at radius 2 is 1.94 bits per heavy atom. The zero-order valence-corrected chi connectivity index (χ0v) is 11.6. The third kappa shape index (κ3) is 2.19. The van der Waals surface area contributed by atoms with E-state index in [4.69, 9.17) is 11.6 Å². The number of fused-ring (bicyclic) bond motifs is 1. The summed E-state index contributed by atoms with van der Waals surface area (Å²) in [6.45, 7) is 8.72. The number of imidazole rings is 1. The molecule has 2 nitrogen and oxygen atoms in total. The molecule has 3 heteroatoms. The molecule has 0 saturated heterocycles. The summed E-state index contributed by atoms with van der Waals surface area (Å²) in [6.07, 6.45) is 0. The topological polar surface area (TPSA) is 17.8 Å². The highest BCUT2D eigenvalue weighted by molar-refractivity contribution is 6.16. The maximum atomic E-state index is 5.97. The van der Waals surface area contributed by atoms with Gasteiger partial charge in [-0.15, -0.1) is 11.6 Å². The third-order valence-corrected chi connectivity index (χ3v) is 3.33. The number of halogens is 1. The van der Waals surface area contributed by atoms with Gasteiger partial charge in [-0.1, -0.05) is 19.9 Å². The average Bonchev–Trinajstić information content (AvgIpc) is 2.65. The van der Waals surface area contributed by atoms with Crippen LogP contribution in [0.15, 0.2) is 18.2 Å². The summed E-state index contributed by atoms with van der Waals surface area (Å²) in [4.78, 5) is 4.63. The van der Waals surface area contributed by atoms with Crippen LogP contribution in [0.25, 0.3) is 11.0 Å². The van der Waals surface area contributed by atoms with Crippen LogP contribution in [0.4, 0.5) is 0 Å². The summed E-state index contributed by atoms with van der Waals surface area (Å²) in [5, 5.41) is 0. The van der Waals surface area contributed by atoms with Gasteiger partial charge >= 0.3 is 0 Å². The molecule has 0 spiro atoms. The molecule has 1 heterocycles. The molecule has 0 unspecified atom stereocenters. The van der Waals surface area contributed by atoms with Gasteiger partial charge in [-0.05, 0) is 37.5 Å². The number of rotatable bonds is 3. The van der Waals surface area contributed by atoms with Crippen molar-refractivity contribution in [3.05, 3.63) is 29.6 Å². The molecule has 0 bridgehead atoms. The zero-order valence-electron chi connectivity index (χ0n) is 10.9. The standard InChI is InChI=1S/C14H19ClN2/c1-9(2)11-5-6-13-12(7-11)16-14(8-15)17(13)10(3)4/h5-7,9-10H,8H2,1-4H3. The fourth-order valence-corrected chi connectivity index (χ4v) is 2.38. The molecule has 1 aromatic heterocycles. The van der Waals surface area contributed by atoms with Crippen molar-refractivity contribution in [2.24, 2.45) is 0 Å². The summed E-state index contributed by atoms with van der Waals surface area (Å²) < 4.78 is 2.21. The smallest absolute Gasteiger partial charge is 0.125 e. The molecule has 0 radical (unpaired) electrons. The van der Waals surface area contributed by atoms with Crippen molar-refractivity contribution in [2.75, 3.05) is 0 Å². The van der Waals surface area contributed by atoms with Gasteiger partial charge in [0.2, 0.25) is 0 Å². The number of aromatic nitrogens is 2. The minimum Gasteiger partial charge on any atom is -0.324 e. The molecule has 0 aliphatic carbocycles. The van der Waals surface area contributed by atoms with Gasteiger partial charge in [-0.25, -0.2) is 4.98 Å². The highest BCUT2D eigenvalue weighted by Gasteiger charge is 2.13. The highest BCUT2D eigenvalue weighted by atomic mass is 35.5. The van der Waals surface area contributed by atoms with E-state index in [0.29, 0.717) is 17.8 Å². The van der Waals surface area contributed by atoms with Crippen LogP contribution in [-0.4, -0.2) is 9.55 Å². The number of alkyl halides is 1. The van der Waals surface area contributed by atoms with E-state index in [2.05, 4.69) is 55.4 Å². The van der Waals surface area contributed by atoms with E-state index >= 15 is 0 Å². The first kappa shape index (κ1) is 12.4. The van der Waals surface area contributed by atoms with E-state index in [1.807, 2.05) is 0 Å². The van der Waals surface area contributed by atoms with Gasteiger partial charge in [0, 0.05) is 6.04 Å². The van der Waals surface area contributed by atoms with Crippen molar-refractivity contribution in [2.45, 2.75) is 45.5 Å². The van der Waals surface area contributed by atoms with Crippen molar-refractivity contribution >= 4 is 22.6 Å². The monoisotopic (exact) mass is 250 g/mol. The van der Waals surface area contributed by atoms with Crippen molar-refractivity contribution in [3.8, 4) is 0 Å². The van der Waals surface area contributed by atoms with Crippen LogP contribution in [0.3, 0.4) is 0 Å². The summed E-state index contributed by atoms with van der Waals surface area (Å²) in [6, 6.07) is 6.91. The first-order valence-corrected chi connectivity index (χ1v) is 6.64. The average molecular weight is 251 g/mol. The molecule has 1 aromatic carbocycles. The zero-order chi connectivity index (χ0) is 12.6. The van der Waals surface area contributed by atoms with Crippen LogP contribution in [0.2, 0.25) is 0 Å². The lowest BCUT2D eigenvalue weighted by Gasteiger charge is -2.12. The van der Waals surface area contributed by atoms with E-state index in [9.17, 15) is 0 Å². The quantitative estimate of drug-likeness (QED) is 0.735. The van der Waals surface area contributed by atoms with Gasteiger partial charge in [0.1, 0.15) is 5.82 Å². The Morgan fingerprint density at radius 3 is 2.47 bits per heavy atom. The summed E-state index contributed by atoms with van der Waals surface area (Å²) in [5.41, 5.74) is 3.56. The van der Waals surface area contributed by atoms with Gasteiger partial charge in [0.15, 0.2) is 0 Å². The second-order valence-corrected chi connectivity index (χ2v) is 5.30. The van der Waals surface area contributed by atoms with Crippen LogP contribution in [0.1, 0.15) is 51.0 Å². The maximum Gasteiger partial charge on any atom is 0.125 e. The lowest BCUT2D eigenvalue weighted by molar-refractivity contribution is 0.597. The molecule has 17 heavy (non-hydrogen) atoms. The van der Waals surface area contributed by atoms with Gasteiger partial charge in [0.25, 0.3) is 0 Å². The Bertz CT molecular complexity index is 526. The van der Waals surface area contributed by atoms with Gasteiger partial charge < -0.3 is 4.57 Å². The first-order chi connectivity index (χ1) is 8.04. The minimum atomic E-state index is 0.388. The lowest BCUT2D eigenvalue weighted by atomic mass is 10.0. The Morgan fingerprint density at radius 1 is 1.24 bits per heavy atom. The van der Waals surface area contributed by atoms with E-state index in [-0.39, 0.29) is 0 Å². The second-order valence-electron chi connectivity index (χ2n) is 5.03. The van der Waals surface area contributed by atoms with Crippen LogP contribution in [0, 0.1) is 0 Å². The number of hydrogen-bond donors (Lipinski definition) is 0. The summed E-state index contributed by atoms with van der Waals surface area (Å²) in [7, 11) is 0. The number of hydrogen-bond acceptors (Lipinski definition) is 1. The molecule has 0 aliphatic rings. The van der Waals surface area contributed by atoms with Crippen molar-refractivity contribution in [3.63, 3.8) is 0 Å². The van der Waals surface area contributed by atoms with Crippen LogP contribution in [0.5, 0.6) is 0 Å². The maximum absolute atomic E-state index is 5.97. The molecular formula is C14H19ClN2. The van der Waals surface area contributed by atoms with E-state index in [0.717, 1.165) is 11.3 Å². The molecular weight excluding hydrogens is 232 g/mol. The molecule has 0 atom stereocenters. The molecule has 0 saturated carbocycles. The fraction of sp³-hybridized carbons (Fsp3) is 0.500. The largest absolute Gasteiger partial charge is 0.324 e. The van der Waals surface area contributed by atoms with Gasteiger partial charge in [-0.2, -0.15) is 0 Å². The van der Waals surface area contributed by atoms with Crippen molar-refractivity contribution < 1.29 is 0 Å². The molecule has 0 aliphatic heterocycles. The molecule has 92 valence electrons. The Balaban J connectivity index is 2.65. The normalized spacial score (nSPS) is 11.9. The van der Waals surface area contributed by atoms with E-state index < -0.39 is 0 Å². The predicted octanol–water partition coefficient (Wildman–Crippen LogP) is 4.48. The second kappa shape index (κ2) is 4.69. The molecule has 2 aromatic rings. The Kier molecular flexibility index (Phi) is 3.43. The number of benzene rings is 1. The first-order valence-electron chi connectivity index (χ1n) is 6.11. The van der Waals surface area contributed by atoms with Crippen molar-refractivity contribution in [1.82, 2.24) is 9.55 Å². The Hall–Kier alpha value is -1.02. The summed E-state index contributed by atoms with van der Waals surface area (Å²) in [5.74, 6) is 1.95. The molecule has 0 amide bonds. The fourth-order valence-electron chi connectivity index (χ4n) is 2.20. The van der Waals surface area contributed by atoms with Crippen LogP contribution in [-0.2, 0) is 5.88 Å². The molecule has 2 rings (SSSR count). The minimum absolute atomic E-state index is 0.388. The number of nitrogens with zero attached hydrogens (tertiary/aromatic N) is 2. The van der Waals surface area contributed by atoms with Gasteiger partial charge in [-0.3, -0.25) is 0 Å². The lowest BCUT2D eigenvalue weighted by Crippen LogP contribution is -2.04. The molecule has 0 N–H and O–H groups in total. The van der Waals surface area contributed by atoms with E-state index in [1.165, 1.54) is 11.1 Å². The van der Waals surface area contributed by atoms with Gasteiger partial charge in [0.05, 0.1) is 16.9 Å². The SMILES string of the molecule is CC(C)c1ccc2c(c1)nc(CCl)n2C(C)C. The Labute approximate surface area is 108 Å². The van der Waals surface area contributed by atoms with Crippen molar-refractivity contribution in [1.29, 1.82) is 0 Å². The predicted molar refractivity (Wildman–Crippen MR) is 73.8 cm³/mol. The van der Waals surface area contributed by atoms with Crippen LogP contribution < -0.4 is 0 Å². The summed E-state index contributed by atoms with van der Waals surface area (Å²) >= 11 is 5.97. The third-order valence-electron chi connectivity index (χ3n) is 3.09. The molecule has 0 fully saturated rings.